The Kier molecular flexibility index (Phi) is 7.42. The SMILES string of the molecule is O=C(O)CNc1ccc(/C=C2/Sc3cc(S(=O)(=O)Cc4c(Cl)cccc4Cl)ccc3NC2=O)cc1. The van der Waals surface area contributed by atoms with E-state index in [4.69, 9.17) is 28.3 Å². The normalized spacial score (nSPS) is 14.3. The predicted octanol–water partition coefficient (Wildman–Crippen LogP) is 5.55. The smallest absolute Gasteiger partial charge is 0.322 e. The molecule has 1 amide bonds. The third kappa shape index (κ3) is 5.99. The van der Waals surface area contributed by atoms with Crippen LogP contribution in [0, 0.1) is 0 Å². The summed E-state index contributed by atoms with van der Waals surface area (Å²) in [5.41, 5.74) is 2.20. The van der Waals surface area contributed by atoms with Crippen molar-refractivity contribution in [3.63, 3.8) is 0 Å². The van der Waals surface area contributed by atoms with Crippen molar-refractivity contribution in [1.82, 2.24) is 0 Å². The first-order valence-corrected chi connectivity index (χ1v) is 13.4. The van der Waals surface area contributed by atoms with Gasteiger partial charge in [0.05, 0.1) is 21.2 Å². The van der Waals surface area contributed by atoms with Crippen LogP contribution in [0.3, 0.4) is 0 Å². The second-order valence-corrected chi connectivity index (χ2v) is 11.4. The molecule has 0 aromatic heterocycles. The molecular formula is C24H18Cl2N2O5S2. The van der Waals surface area contributed by atoms with E-state index in [1.165, 1.54) is 12.1 Å². The molecule has 1 aliphatic heterocycles. The van der Waals surface area contributed by atoms with Crippen molar-refractivity contribution in [1.29, 1.82) is 0 Å². The summed E-state index contributed by atoms with van der Waals surface area (Å²) in [5.74, 6) is -1.64. The van der Waals surface area contributed by atoms with Crippen LogP contribution >= 0.6 is 35.0 Å². The van der Waals surface area contributed by atoms with Gasteiger partial charge in [-0.2, -0.15) is 0 Å². The third-order valence-corrected chi connectivity index (χ3v) is 8.48. The van der Waals surface area contributed by atoms with Crippen LogP contribution in [-0.2, 0) is 25.2 Å². The van der Waals surface area contributed by atoms with Gasteiger partial charge in [0.2, 0.25) is 0 Å². The Morgan fingerprint density at radius 1 is 1.06 bits per heavy atom. The summed E-state index contributed by atoms with van der Waals surface area (Å²) in [4.78, 5) is 24.3. The number of carbonyl (C=O) groups is 2. The van der Waals surface area contributed by atoms with E-state index in [2.05, 4.69) is 10.6 Å². The van der Waals surface area contributed by atoms with Crippen LogP contribution in [0.5, 0.6) is 0 Å². The number of sulfone groups is 1. The van der Waals surface area contributed by atoms with Crippen LogP contribution in [0.1, 0.15) is 11.1 Å². The zero-order valence-electron chi connectivity index (χ0n) is 17.9. The average molecular weight is 549 g/mol. The number of nitrogens with one attached hydrogen (secondary N) is 2. The second kappa shape index (κ2) is 10.3. The van der Waals surface area contributed by atoms with Gasteiger partial charge in [0.15, 0.2) is 9.84 Å². The number of thioether (sulfide) groups is 1. The molecule has 11 heteroatoms. The van der Waals surface area contributed by atoms with Crippen molar-refractivity contribution in [3.8, 4) is 0 Å². The second-order valence-electron chi connectivity index (χ2n) is 7.55. The Balaban J connectivity index is 1.57. The van der Waals surface area contributed by atoms with E-state index in [1.807, 2.05) is 0 Å². The van der Waals surface area contributed by atoms with Gasteiger partial charge >= 0.3 is 5.97 Å². The molecule has 0 unspecified atom stereocenters. The number of benzene rings is 3. The highest BCUT2D eigenvalue weighted by Gasteiger charge is 2.25. The first-order valence-electron chi connectivity index (χ1n) is 10.2. The molecule has 0 atom stereocenters. The van der Waals surface area contributed by atoms with Crippen molar-refractivity contribution >= 4 is 74.1 Å². The highest BCUT2D eigenvalue weighted by Crippen LogP contribution is 2.40. The quantitative estimate of drug-likeness (QED) is 0.332. The number of halogens is 2. The van der Waals surface area contributed by atoms with E-state index in [0.717, 1.165) is 17.3 Å². The van der Waals surface area contributed by atoms with E-state index in [1.54, 1.807) is 54.6 Å². The lowest BCUT2D eigenvalue weighted by Gasteiger charge is -2.19. The van der Waals surface area contributed by atoms with E-state index < -0.39 is 15.8 Å². The molecule has 0 spiro atoms. The molecule has 35 heavy (non-hydrogen) atoms. The molecular weight excluding hydrogens is 531 g/mol. The summed E-state index contributed by atoms with van der Waals surface area (Å²) in [6, 6.07) is 16.2. The van der Waals surface area contributed by atoms with Crippen molar-refractivity contribution in [2.75, 3.05) is 17.2 Å². The Hall–Kier alpha value is -2.98. The van der Waals surface area contributed by atoms with Crippen molar-refractivity contribution < 1.29 is 23.1 Å². The van der Waals surface area contributed by atoms with Crippen molar-refractivity contribution in [3.05, 3.63) is 86.7 Å². The van der Waals surface area contributed by atoms with Crippen LogP contribution in [0.4, 0.5) is 11.4 Å². The maximum atomic E-state index is 13.1. The molecule has 0 fully saturated rings. The summed E-state index contributed by atoms with van der Waals surface area (Å²) < 4.78 is 26.2. The fraction of sp³-hybridized carbons (Fsp3) is 0.0833. The van der Waals surface area contributed by atoms with E-state index in [-0.39, 0.29) is 33.1 Å². The number of rotatable bonds is 7. The maximum absolute atomic E-state index is 13.1. The Labute approximate surface area is 216 Å². The average Bonchev–Trinajstić information content (AvgIpc) is 2.81. The van der Waals surface area contributed by atoms with Crippen molar-refractivity contribution in [2.45, 2.75) is 15.5 Å². The first kappa shape index (κ1) is 25.1. The highest BCUT2D eigenvalue weighted by molar-refractivity contribution is 8.04. The number of carboxylic acid groups (broad SMARTS) is 1. The summed E-state index contributed by atoms with van der Waals surface area (Å²) in [7, 11) is -3.76. The number of carboxylic acids is 1. The fourth-order valence-corrected chi connectivity index (χ4v) is 6.48. The molecule has 1 aliphatic rings. The van der Waals surface area contributed by atoms with Gasteiger partial charge in [0.25, 0.3) is 5.91 Å². The number of fused-ring (bicyclic) bond motifs is 1. The van der Waals surface area contributed by atoms with E-state index in [9.17, 15) is 18.0 Å². The topological polar surface area (TPSA) is 113 Å². The minimum atomic E-state index is -3.76. The molecule has 1 heterocycles. The molecule has 0 saturated carbocycles. The summed E-state index contributed by atoms with van der Waals surface area (Å²) in [5, 5.41) is 14.8. The van der Waals surface area contributed by atoms with Crippen LogP contribution in [0.2, 0.25) is 10.0 Å². The molecule has 0 aliphatic carbocycles. The molecule has 3 N–H and O–H groups in total. The maximum Gasteiger partial charge on any atom is 0.322 e. The monoisotopic (exact) mass is 548 g/mol. The van der Waals surface area contributed by atoms with Crippen LogP contribution < -0.4 is 10.6 Å². The third-order valence-electron chi connectivity index (χ3n) is 5.05. The minimum Gasteiger partial charge on any atom is -0.480 e. The van der Waals surface area contributed by atoms with Gasteiger partial charge in [0, 0.05) is 26.2 Å². The van der Waals surface area contributed by atoms with Gasteiger partial charge in [-0.3, -0.25) is 9.59 Å². The molecule has 0 saturated heterocycles. The van der Waals surface area contributed by atoms with Crippen LogP contribution in [0.25, 0.3) is 6.08 Å². The Bertz CT molecular complexity index is 1430. The fourth-order valence-electron chi connectivity index (χ4n) is 3.30. The van der Waals surface area contributed by atoms with Gasteiger partial charge in [-0.15, -0.1) is 0 Å². The van der Waals surface area contributed by atoms with Crippen LogP contribution in [-0.4, -0.2) is 31.9 Å². The van der Waals surface area contributed by atoms with Gasteiger partial charge in [-0.1, -0.05) is 53.2 Å². The molecule has 3 aromatic rings. The number of hydrogen-bond donors (Lipinski definition) is 3. The number of anilines is 2. The van der Waals surface area contributed by atoms with Gasteiger partial charge in [-0.25, -0.2) is 8.42 Å². The zero-order valence-corrected chi connectivity index (χ0v) is 21.1. The Morgan fingerprint density at radius 2 is 1.74 bits per heavy atom. The van der Waals surface area contributed by atoms with Gasteiger partial charge in [-0.05, 0) is 54.1 Å². The van der Waals surface area contributed by atoms with Crippen molar-refractivity contribution in [2.24, 2.45) is 0 Å². The number of carbonyl (C=O) groups excluding carboxylic acids is 1. The molecule has 3 aromatic carbocycles. The standard InChI is InChI=1S/C24H18Cl2N2O5S2/c25-18-2-1-3-19(26)17(18)13-35(32,33)16-8-9-20-21(11-16)34-22(24(31)28-20)10-14-4-6-15(7-5-14)27-12-23(29)30/h1-11,27H,12-13H2,(H,28,31)(H,29,30)/b22-10+. The molecule has 0 bridgehead atoms. The minimum absolute atomic E-state index is 0.0871. The lowest BCUT2D eigenvalue weighted by atomic mass is 10.2. The number of amides is 1. The number of aliphatic carboxylic acids is 1. The largest absolute Gasteiger partial charge is 0.480 e. The van der Waals surface area contributed by atoms with Gasteiger partial charge < -0.3 is 15.7 Å². The molecule has 4 rings (SSSR count). The summed E-state index contributed by atoms with van der Waals surface area (Å²) in [6.07, 6.45) is 1.68. The van der Waals surface area contributed by atoms with Crippen LogP contribution in [0.15, 0.2) is 75.4 Å². The Morgan fingerprint density at radius 3 is 2.40 bits per heavy atom. The highest BCUT2D eigenvalue weighted by atomic mass is 35.5. The predicted molar refractivity (Wildman–Crippen MR) is 139 cm³/mol. The molecule has 180 valence electrons. The van der Waals surface area contributed by atoms with E-state index in [0.29, 0.717) is 26.7 Å². The molecule has 7 nitrogen and oxygen atoms in total. The summed E-state index contributed by atoms with van der Waals surface area (Å²) >= 11 is 13.5. The summed E-state index contributed by atoms with van der Waals surface area (Å²) in [6.45, 7) is -0.205. The zero-order chi connectivity index (χ0) is 25.2. The number of hydrogen-bond acceptors (Lipinski definition) is 6. The first-order chi connectivity index (χ1) is 16.6. The lowest BCUT2D eigenvalue weighted by Crippen LogP contribution is -2.17. The van der Waals surface area contributed by atoms with Gasteiger partial charge in [0.1, 0.15) is 6.54 Å². The lowest BCUT2D eigenvalue weighted by molar-refractivity contribution is -0.134. The van der Waals surface area contributed by atoms with E-state index >= 15 is 0 Å². The molecule has 0 radical (unpaired) electrons.